The summed E-state index contributed by atoms with van der Waals surface area (Å²) in [6.07, 6.45) is 0. The molecule has 2 amide bonds. The lowest BCUT2D eigenvalue weighted by Gasteiger charge is -2.34. The quantitative estimate of drug-likeness (QED) is 0.874. The molecular weight excluding hydrogens is 358 g/mol. The summed E-state index contributed by atoms with van der Waals surface area (Å²) in [5, 5.41) is 5.21. The van der Waals surface area contributed by atoms with Gasteiger partial charge in [-0.2, -0.15) is 0 Å². The highest BCUT2D eigenvalue weighted by Crippen LogP contribution is 2.19. The first-order chi connectivity index (χ1) is 11.7. The first-order valence-corrected chi connectivity index (χ1v) is 9.05. The van der Waals surface area contributed by atoms with Crippen LogP contribution in [0.3, 0.4) is 0 Å². The fourth-order valence-corrected chi connectivity index (χ4v) is 3.97. The summed E-state index contributed by atoms with van der Waals surface area (Å²) in [5.74, 6) is 0.133. The van der Waals surface area contributed by atoms with Gasteiger partial charge >= 0.3 is 0 Å². The van der Waals surface area contributed by atoms with Crippen LogP contribution in [0.1, 0.15) is 31.2 Å². The molecule has 2 aromatic rings. The molecule has 0 bridgehead atoms. The minimum Gasteiger partial charge on any atom is -0.335 e. The van der Waals surface area contributed by atoms with Crippen LogP contribution in [-0.4, -0.2) is 47.8 Å². The Labute approximate surface area is 157 Å². The molecule has 5 nitrogen and oxygen atoms in total. The SMILES string of the molecule is Cl.O=C(c1ccc2c(c1)CNC2)N1CCN(C(=O)c2cccs2)CC1. The zero-order chi connectivity index (χ0) is 16.5. The Balaban J connectivity index is 0.00000182. The maximum Gasteiger partial charge on any atom is 0.264 e. The molecule has 0 atom stereocenters. The summed E-state index contributed by atoms with van der Waals surface area (Å²) in [5.41, 5.74) is 3.24. The van der Waals surface area contributed by atoms with E-state index in [1.807, 2.05) is 45.5 Å². The number of rotatable bonds is 2. The average molecular weight is 378 g/mol. The van der Waals surface area contributed by atoms with Crippen LogP contribution in [0.4, 0.5) is 0 Å². The Morgan fingerprint density at radius 3 is 2.28 bits per heavy atom. The van der Waals surface area contributed by atoms with Crippen molar-refractivity contribution in [3.63, 3.8) is 0 Å². The molecule has 1 aromatic carbocycles. The molecule has 7 heteroatoms. The first-order valence-electron chi connectivity index (χ1n) is 8.17. The predicted octanol–water partition coefficient (Wildman–Crippen LogP) is 2.37. The van der Waals surface area contributed by atoms with Gasteiger partial charge in [-0.3, -0.25) is 9.59 Å². The van der Waals surface area contributed by atoms with Gasteiger partial charge in [0.25, 0.3) is 11.8 Å². The minimum absolute atomic E-state index is 0. The summed E-state index contributed by atoms with van der Waals surface area (Å²) in [6.45, 7) is 4.08. The largest absolute Gasteiger partial charge is 0.335 e. The number of hydrogen-bond acceptors (Lipinski definition) is 4. The van der Waals surface area contributed by atoms with Crippen LogP contribution in [0.2, 0.25) is 0 Å². The zero-order valence-electron chi connectivity index (χ0n) is 13.7. The normalized spacial score (nSPS) is 16.3. The smallest absolute Gasteiger partial charge is 0.264 e. The fraction of sp³-hybridized carbons (Fsp3) is 0.333. The third-order valence-electron chi connectivity index (χ3n) is 4.67. The van der Waals surface area contributed by atoms with Gasteiger partial charge in [-0.15, -0.1) is 23.7 Å². The molecule has 0 unspecified atom stereocenters. The summed E-state index contributed by atoms with van der Waals surface area (Å²) in [6, 6.07) is 9.70. The number of carbonyl (C=O) groups excluding carboxylic acids is 2. The van der Waals surface area contributed by atoms with Crippen LogP contribution in [0.25, 0.3) is 0 Å². The molecule has 1 fully saturated rings. The van der Waals surface area contributed by atoms with E-state index in [0.29, 0.717) is 26.2 Å². The number of amides is 2. The second kappa shape index (κ2) is 7.56. The zero-order valence-corrected chi connectivity index (χ0v) is 15.4. The Morgan fingerprint density at radius 1 is 0.920 bits per heavy atom. The summed E-state index contributed by atoms with van der Waals surface area (Å²) in [7, 11) is 0. The standard InChI is InChI=1S/C18H19N3O2S.ClH/c22-17(13-3-4-14-11-19-12-15(14)10-13)20-5-7-21(8-6-20)18(23)16-2-1-9-24-16;/h1-4,9-10,19H,5-8,11-12H2;1H. The molecule has 0 spiro atoms. The van der Waals surface area contributed by atoms with Gasteiger partial charge in [0.1, 0.15) is 0 Å². The highest BCUT2D eigenvalue weighted by atomic mass is 35.5. The fourth-order valence-electron chi connectivity index (χ4n) is 3.28. The van der Waals surface area contributed by atoms with E-state index < -0.39 is 0 Å². The molecule has 25 heavy (non-hydrogen) atoms. The van der Waals surface area contributed by atoms with Crippen molar-refractivity contribution >= 4 is 35.6 Å². The van der Waals surface area contributed by atoms with Crippen molar-refractivity contribution in [3.05, 3.63) is 57.3 Å². The van der Waals surface area contributed by atoms with E-state index in [2.05, 4.69) is 5.32 Å². The van der Waals surface area contributed by atoms with Gasteiger partial charge in [0.15, 0.2) is 0 Å². The molecule has 1 saturated heterocycles. The number of hydrogen-bond donors (Lipinski definition) is 1. The van der Waals surface area contributed by atoms with Gasteiger partial charge in [0.05, 0.1) is 4.88 Å². The number of thiophene rings is 1. The molecule has 3 heterocycles. The number of fused-ring (bicyclic) bond motifs is 1. The van der Waals surface area contributed by atoms with E-state index in [9.17, 15) is 9.59 Å². The van der Waals surface area contributed by atoms with Crippen molar-refractivity contribution in [3.8, 4) is 0 Å². The van der Waals surface area contributed by atoms with Crippen molar-refractivity contribution in [1.29, 1.82) is 0 Å². The third kappa shape index (κ3) is 3.56. The van der Waals surface area contributed by atoms with Crippen LogP contribution >= 0.6 is 23.7 Å². The Morgan fingerprint density at radius 2 is 1.60 bits per heavy atom. The van der Waals surface area contributed by atoms with E-state index in [1.54, 1.807) is 0 Å². The van der Waals surface area contributed by atoms with Crippen LogP contribution < -0.4 is 5.32 Å². The average Bonchev–Trinajstić information content (AvgIpc) is 3.31. The summed E-state index contributed by atoms with van der Waals surface area (Å²) < 4.78 is 0. The van der Waals surface area contributed by atoms with Crippen LogP contribution in [0.15, 0.2) is 35.7 Å². The van der Waals surface area contributed by atoms with Gasteiger partial charge in [-0.25, -0.2) is 0 Å². The Bertz CT molecular complexity index is 771. The van der Waals surface area contributed by atoms with Gasteiger partial charge < -0.3 is 15.1 Å². The highest BCUT2D eigenvalue weighted by Gasteiger charge is 2.26. The van der Waals surface area contributed by atoms with Crippen molar-refractivity contribution in [1.82, 2.24) is 15.1 Å². The molecule has 2 aliphatic heterocycles. The molecule has 4 rings (SSSR count). The van der Waals surface area contributed by atoms with E-state index in [1.165, 1.54) is 22.5 Å². The Hall–Kier alpha value is -1.89. The molecule has 132 valence electrons. The highest BCUT2D eigenvalue weighted by molar-refractivity contribution is 7.12. The lowest BCUT2D eigenvalue weighted by atomic mass is 10.1. The number of carbonyl (C=O) groups is 2. The van der Waals surface area contributed by atoms with Crippen LogP contribution in [-0.2, 0) is 13.1 Å². The third-order valence-corrected chi connectivity index (χ3v) is 5.53. The lowest BCUT2D eigenvalue weighted by Crippen LogP contribution is -2.50. The van der Waals surface area contributed by atoms with Crippen LogP contribution in [0.5, 0.6) is 0 Å². The van der Waals surface area contributed by atoms with Crippen molar-refractivity contribution < 1.29 is 9.59 Å². The molecule has 0 aliphatic carbocycles. The molecule has 1 N–H and O–H groups in total. The molecule has 2 aliphatic rings. The van der Waals surface area contributed by atoms with Gasteiger partial charge in [0, 0.05) is 44.8 Å². The predicted molar refractivity (Wildman–Crippen MR) is 100 cm³/mol. The minimum atomic E-state index is 0. The van der Waals surface area contributed by atoms with E-state index in [4.69, 9.17) is 0 Å². The maximum atomic E-state index is 12.7. The van der Waals surface area contributed by atoms with Crippen molar-refractivity contribution in [2.75, 3.05) is 26.2 Å². The Kier molecular flexibility index (Phi) is 5.42. The number of benzene rings is 1. The summed E-state index contributed by atoms with van der Waals surface area (Å²) in [4.78, 5) is 29.5. The van der Waals surface area contributed by atoms with Gasteiger partial charge in [-0.05, 0) is 34.7 Å². The van der Waals surface area contributed by atoms with E-state index >= 15 is 0 Å². The lowest BCUT2D eigenvalue weighted by molar-refractivity contribution is 0.0538. The summed E-state index contributed by atoms with van der Waals surface area (Å²) >= 11 is 1.46. The second-order valence-electron chi connectivity index (χ2n) is 6.15. The molecule has 0 saturated carbocycles. The number of nitrogens with zero attached hydrogens (tertiary/aromatic N) is 2. The number of piperazine rings is 1. The van der Waals surface area contributed by atoms with Gasteiger partial charge in [-0.1, -0.05) is 12.1 Å². The molecular formula is C18H20ClN3O2S. The maximum absolute atomic E-state index is 12.7. The topological polar surface area (TPSA) is 52.7 Å². The molecule has 1 aromatic heterocycles. The van der Waals surface area contributed by atoms with Crippen LogP contribution in [0, 0.1) is 0 Å². The first kappa shape index (κ1) is 17.9. The number of nitrogens with one attached hydrogen (secondary N) is 1. The van der Waals surface area contributed by atoms with Crippen molar-refractivity contribution in [2.24, 2.45) is 0 Å². The monoisotopic (exact) mass is 377 g/mol. The van der Waals surface area contributed by atoms with E-state index in [-0.39, 0.29) is 24.2 Å². The number of halogens is 1. The van der Waals surface area contributed by atoms with Gasteiger partial charge in [0.2, 0.25) is 0 Å². The second-order valence-corrected chi connectivity index (χ2v) is 7.10. The van der Waals surface area contributed by atoms with E-state index in [0.717, 1.165) is 23.5 Å². The molecule has 0 radical (unpaired) electrons. The van der Waals surface area contributed by atoms with Crippen molar-refractivity contribution in [2.45, 2.75) is 13.1 Å².